The van der Waals surface area contributed by atoms with Gasteiger partial charge >= 0.3 is 0 Å². The van der Waals surface area contributed by atoms with Crippen LogP contribution in [0.1, 0.15) is 58.7 Å². The first-order valence-corrected chi connectivity index (χ1v) is 11.1. The molecule has 1 saturated heterocycles. The number of nitrogens with zero attached hydrogens (tertiary/aromatic N) is 2. The van der Waals surface area contributed by atoms with Crippen molar-refractivity contribution in [3.63, 3.8) is 0 Å². The Morgan fingerprint density at radius 3 is 2.45 bits per heavy atom. The molecule has 1 atom stereocenters. The second-order valence-corrected chi connectivity index (χ2v) is 8.55. The predicted octanol–water partition coefficient (Wildman–Crippen LogP) is 5.35. The van der Waals surface area contributed by atoms with E-state index in [9.17, 15) is 5.21 Å². The number of piperidine rings is 1. The first-order valence-electron chi connectivity index (χ1n) is 11.1. The van der Waals surface area contributed by atoms with Gasteiger partial charge in [-0.1, -0.05) is 48.5 Å². The average molecular weight is 414 g/mol. The van der Waals surface area contributed by atoms with Crippen molar-refractivity contribution >= 4 is 6.21 Å². The molecule has 2 aromatic carbocycles. The maximum absolute atomic E-state index is 9.36. The van der Waals surface area contributed by atoms with Gasteiger partial charge in [-0.15, -0.1) is 5.16 Å². The Morgan fingerprint density at radius 2 is 1.77 bits per heavy atom. The van der Waals surface area contributed by atoms with Crippen molar-refractivity contribution in [3.05, 3.63) is 100 Å². The maximum Gasteiger partial charge on any atom is 0.0505 e. The zero-order valence-electron chi connectivity index (χ0n) is 18.4. The molecule has 0 unspecified atom stereocenters. The third-order valence-corrected chi connectivity index (χ3v) is 6.69. The number of aromatic nitrogens is 1. The summed E-state index contributed by atoms with van der Waals surface area (Å²) in [5.41, 5.74) is 6.71. The van der Waals surface area contributed by atoms with Gasteiger partial charge in [0, 0.05) is 24.5 Å². The summed E-state index contributed by atoms with van der Waals surface area (Å²) < 4.78 is 0. The smallest absolute Gasteiger partial charge is 0.0505 e. The summed E-state index contributed by atoms with van der Waals surface area (Å²) in [6.07, 6.45) is 6.41. The van der Waals surface area contributed by atoms with E-state index in [0.717, 1.165) is 24.3 Å². The molecule has 2 N–H and O–H groups in total. The summed E-state index contributed by atoms with van der Waals surface area (Å²) in [7, 11) is 0. The van der Waals surface area contributed by atoms with Gasteiger partial charge in [-0.05, 0) is 85.6 Å². The fourth-order valence-corrected chi connectivity index (χ4v) is 5.06. The Kier molecular flexibility index (Phi) is 6.47. The topological polar surface area (TPSA) is 57.5 Å². The third-order valence-electron chi connectivity index (χ3n) is 6.69. The molecule has 31 heavy (non-hydrogen) atoms. The average Bonchev–Trinajstić information content (AvgIpc) is 2.81. The Labute approximate surface area is 185 Å². The van der Waals surface area contributed by atoms with Crippen LogP contribution in [0.25, 0.3) is 0 Å². The lowest BCUT2D eigenvalue weighted by atomic mass is 9.66. The van der Waals surface area contributed by atoms with E-state index < -0.39 is 5.41 Å². The molecule has 1 fully saturated rings. The van der Waals surface area contributed by atoms with Gasteiger partial charge < -0.3 is 10.5 Å². The fourth-order valence-electron chi connectivity index (χ4n) is 5.06. The molecule has 4 heteroatoms. The van der Waals surface area contributed by atoms with Gasteiger partial charge in [0.2, 0.25) is 0 Å². The Morgan fingerprint density at radius 1 is 1.03 bits per heavy atom. The van der Waals surface area contributed by atoms with E-state index in [4.69, 9.17) is 0 Å². The molecule has 4 rings (SSSR count). The number of benzene rings is 2. The van der Waals surface area contributed by atoms with E-state index in [1.54, 1.807) is 6.21 Å². The summed E-state index contributed by atoms with van der Waals surface area (Å²) in [4.78, 5) is 4.43. The summed E-state index contributed by atoms with van der Waals surface area (Å²) in [6, 6.07) is 21.9. The Bertz CT molecular complexity index is 1040. The van der Waals surface area contributed by atoms with Gasteiger partial charge in [-0.2, -0.15) is 0 Å². The van der Waals surface area contributed by atoms with Crippen LogP contribution in [-0.4, -0.2) is 29.5 Å². The van der Waals surface area contributed by atoms with Gasteiger partial charge in [-0.25, -0.2) is 0 Å². The molecule has 0 amide bonds. The normalized spacial score (nSPS) is 17.0. The third kappa shape index (κ3) is 4.26. The number of rotatable bonds is 6. The first kappa shape index (κ1) is 21.3. The molecule has 3 aromatic rings. The number of pyridine rings is 1. The van der Waals surface area contributed by atoms with Gasteiger partial charge in [-0.3, -0.25) is 4.98 Å². The number of aryl methyl sites for hydroxylation is 2. The van der Waals surface area contributed by atoms with E-state index in [2.05, 4.69) is 83.0 Å². The monoisotopic (exact) mass is 413 g/mol. The van der Waals surface area contributed by atoms with Gasteiger partial charge in [0.25, 0.3) is 0 Å². The van der Waals surface area contributed by atoms with E-state index in [-0.39, 0.29) is 0 Å². The van der Waals surface area contributed by atoms with Crippen LogP contribution in [0.2, 0.25) is 0 Å². The van der Waals surface area contributed by atoms with Crippen molar-refractivity contribution in [1.29, 1.82) is 0 Å². The number of hydrogen-bond donors (Lipinski definition) is 2. The van der Waals surface area contributed by atoms with Crippen molar-refractivity contribution in [2.45, 2.75) is 44.4 Å². The highest BCUT2D eigenvalue weighted by Gasteiger charge is 2.37. The molecular weight excluding hydrogens is 382 g/mol. The summed E-state index contributed by atoms with van der Waals surface area (Å²) in [5.74, 6) is 0.616. The van der Waals surface area contributed by atoms with E-state index in [1.807, 2.05) is 13.1 Å². The standard InChI is InChI=1S/C27H31N3O/c1-20-5-3-4-6-26(20)27(14-18-30-31,25-13-17-29-21(2)19-25)24-9-7-22(8-10-24)23-11-15-28-16-12-23/h3-10,13,17-19,23,28,31H,11-12,14-16H2,1-2H3/b30-18+/t27-/m1/s1. The van der Waals surface area contributed by atoms with Gasteiger partial charge in [0.1, 0.15) is 0 Å². The van der Waals surface area contributed by atoms with Crippen molar-refractivity contribution in [2.24, 2.45) is 5.16 Å². The quantitative estimate of drug-likeness (QED) is 0.325. The first-order chi connectivity index (χ1) is 15.1. The summed E-state index contributed by atoms with van der Waals surface area (Å²) >= 11 is 0. The van der Waals surface area contributed by atoms with Crippen LogP contribution in [0, 0.1) is 13.8 Å². The van der Waals surface area contributed by atoms with Crippen LogP contribution in [0.5, 0.6) is 0 Å². The summed E-state index contributed by atoms with van der Waals surface area (Å²) in [6.45, 7) is 6.34. The van der Waals surface area contributed by atoms with Crippen LogP contribution >= 0.6 is 0 Å². The van der Waals surface area contributed by atoms with E-state index in [1.165, 1.54) is 35.1 Å². The molecule has 1 aliphatic rings. The number of hydrogen-bond acceptors (Lipinski definition) is 4. The number of oxime groups is 1. The second-order valence-electron chi connectivity index (χ2n) is 8.55. The second kappa shape index (κ2) is 9.44. The van der Waals surface area contributed by atoms with Crippen molar-refractivity contribution in [1.82, 2.24) is 10.3 Å². The SMILES string of the molecule is Cc1cc([C@@](C/C=N/O)(c2ccc(C3CCNCC3)cc2)c2ccccc2C)ccn1. The fraction of sp³-hybridized carbons (Fsp3) is 0.333. The van der Waals surface area contributed by atoms with E-state index >= 15 is 0 Å². The minimum atomic E-state index is -0.460. The van der Waals surface area contributed by atoms with Crippen molar-refractivity contribution < 1.29 is 5.21 Å². The van der Waals surface area contributed by atoms with Crippen molar-refractivity contribution in [3.8, 4) is 0 Å². The van der Waals surface area contributed by atoms with Crippen LogP contribution in [-0.2, 0) is 5.41 Å². The van der Waals surface area contributed by atoms with Crippen molar-refractivity contribution in [2.75, 3.05) is 13.1 Å². The highest BCUT2D eigenvalue weighted by Crippen LogP contribution is 2.43. The lowest BCUT2D eigenvalue weighted by Gasteiger charge is -2.36. The number of nitrogens with one attached hydrogen (secondary N) is 1. The zero-order chi connectivity index (χ0) is 21.7. The highest BCUT2D eigenvalue weighted by molar-refractivity contribution is 5.66. The highest BCUT2D eigenvalue weighted by atomic mass is 16.4. The van der Waals surface area contributed by atoms with E-state index in [0.29, 0.717) is 12.3 Å². The minimum Gasteiger partial charge on any atom is -0.411 e. The van der Waals surface area contributed by atoms with Gasteiger partial charge in [0.15, 0.2) is 0 Å². The maximum atomic E-state index is 9.36. The molecule has 160 valence electrons. The lowest BCUT2D eigenvalue weighted by Crippen LogP contribution is -2.31. The molecule has 0 bridgehead atoms. The molecule has 1 aliphatic heterocycles. The predicted molar refractivity (Wildman–Crippen MR) is 126 cm³/mol. The molecule has 0 radical (unpaired) electrons. The molecule has 4 nitrogen and oxygen atoms in total. The van der Waals surface area contributed by atoms with Crippen LogP contribution in [0.4, 0.5) is 0 Å². The van der Waals surface area contributed by atoms with Crippen LogP contribution in [0.15, 0.2) is 72.0 Å². The zero-order valence-corrected chi connectivity index (χ0v) is 18.4. The Balaban J connectivity index is 1.89. The van der Waals surface area contributed by atoms with Crippen LogP contribution < -0.4 is 5.32 Å². The molecule has 2 heterocycles. The van der Waals surface area contributed by atoms with Crippen LogP contribution in [0.3, 0.4) is 0 Å². The lowest BCUT2D eigenvalue weighted by molar-refractivity contribution is 0.319. The molecule has 1 aromatic heterocycles. The molecular formula is C27H31N3O. The van der Waals surface area contributed by atoms with Gasteiger partial charge in [0.05, 0.1) is 5.41 Å². The largest absolute Gasteiger partial charge is 0.411 e. The minimum absolute atomic E-state index is 0.460. The molecule has 0 saturated carbocycles. The molecule has 0 aliphatic carbocycles. The Hall–Kier alpha value is -2.98. The molecule has 0 spiro atoms. The summed E-state index contributed by atoms with van der Waals surface area (Å²) in [5, 5.41) is 16.2.